The minimum atomic E-state index is -1.88. The third-order valence-electron chi connectivity index (χ3n) is 1.52. The maximum absolute atomic E-state index is 11.2. The molecule has 0 radical (unpaired) electrons. The number of carboxylic acids is 1. The summed E-state index contributed by atoms with van der Waals surface area (Å²) >= 11 is 0. The molecule has 0 saturated heterocycles. The van der Waals surface area contributed by atoms with Gasteiger partial charge in [0.05, 0.1) is 10.2 Å². The van der Waals surface area contributed by atoms with Gasteiger partial charge in [-0.3, -0.25) is 4.79 Å². The van der Waals surface area contributed by atoms with Gasteiger partial charge < -0.3 is 45.7 Å². The van der Waals surface area contributed by atoms with Gasteiger partial charge in [0.15, 0.2) is 0 Å². The molecule has 0 aliphatic rings. The van der Waals surface area contributed by atoms with Crippen molar-refractivity contribution in [2.24, 2.45) is 0 Å². The summed E-state index contributed by atoms with van der Waals surface area (Å²) in [4.78, 5) is 37.1. The van der Waals surface area contributed by atoms with Gasteiger partial charge in [-0.25, -0.2) is 0 Å². The Morgan fingerprint density at radius 3 is 1.46 bits per heavy atom. The van der Waals surface area contributed by atoms with Gasteiger partial charge in [-0.05, 0) is 11.6 Å². The molecule has 1 rings (SSSR count). The van der Waals surface area contributed by atoms with E-state index in [4.69, 9.17) is 30.6 Å². The molecule has 24 heavy (non-hydrogen) atoms. The molecule has 1 aromatic carbocycles. The molecule has 120 valence electrons. The molecule has 0 heterocycles. The van der Waals surface area contributed by atoms with Gasteiger partial charge in [0.25, 0.3) is 0 Å². The summed E-state index contributed by atoms with van der Waals surface area (Å²) in [6.07, 6.45) is 0.505. The van der Waals surface area contributed by atoms with Crippen molar-refractivity contribution >= 4 is 63.6 Å². The van der Waals surface area contributed by atoms with Crippen LogP contribution in [0.4, 0.5) is 0 Å². The van der Waals surface area contributed by atoms with Gasteiger partial charge >= 0.3 is 46.1 Å². The number of rotatable bonds is 3. The second kappa shape index (κ2) is 17.2. The predicted octanol–water partition coefficient (Wildman–Crippen LogP) is -2.53. The number of hydrogen-bond acceptors (Lipinski definition) is 10. The van der Waals surface area contributed by atoms with Crippen LogP contribution in [-0.4, -0.2) is 68.0 Å². The third kappa shape index (κ3) is 22.1. The molecule has 0 spiro atoms. The fraction of sp³-hybridized carbons (Fsp3) is 0. The number of carbonyl (C=O) groups is 2. The molecule has 0 aliphatic heterocycles. The SMILES string of the molecule is O=C([O-])C(=O)/C=C(\[O-])c1ccccc1.O=[N+]([O-])[O-].O=[N+]([O-])[O-].[Mg+2].[Mg+2]. The van der Waals surface area contributed by atoms with Crippen molar-refractivity contribution in [1.82, 2.24) is 0 Å². The number of carboxylic acid groups (broad SMARTS) is 1. The molecule has 0 saturated carbocycles. The van der Waals surface area contributed by atoms with Crippen LogP contribution < -0.4 is 10.2 Å². The predicted molar refractivity (Wildman–Crippen MR) is 76.7 cm³/mol. The van der Waals surface area contributed by atoms with Crippen LogP contribution in [0.5, 0.6) is 0 Å². The monoisotopic (exact) mass is 362 g/mol. The van der Waals surface area contributed by atoms with Gasteiger partial charge in [0, 0.05) is 0 Å². The Bertz CT molecular complexity index is 544. The van der Waals surface area contributed by atoms with Crippen LogP contribution in [0.15, 0.2) is 36.4 Å². The number of carbonyl (C=O) groups excluding carboxylic acids is 2. The molecular formula is C10H6Mg2N2O10. The van der Waals surface area contributed by atoms with Crippen LogP contribution in [0.2, 0.25) is 0 Å². The van der Waals surface area contributed by atoms with E-state index in [2.05, 4.69) is 0 Å². The molecule has 0 fully saturated rings. The van der Waals surface area contributed by atoms with E-state index in [1.807, 2.05) is 0 Å². The van der Waals surface area contributed by atoms with Crippen LogP contribution in [0.25, 0.3) is 5.76 Å². The second-order valence-corrected chi connectivity index (χ2v) is 2.97. The minimum Gasteiger partial charge on any atom is -0.872 e. The second-order valence-electron chi connectivity index (χ2n) is 2.97. The summed E-state index contributed by atoms with van der Waals surface area (Å²) in [7, 11) is 0. The van der Waals surface area contributed by atoms with E-state index in [9.17, 15) is 19.8 Å². The summed E-state index contributed by atoms with van der Waals surface area (Å²) < 4.78 is 0. The molecule has 0 atom stereocenters. The van der Waals surface area contributed by atoms with Crippen molar-refractivity contribution in [3.8, 4) is 0 Å². The average Bonchev–Trinajstić information content (AvgIpc) is 2.38. The minimum absolute atomic E-state index is 0. The topological polar surface area (TPSA) is 213 Å². The van der Waals surface area contributed by atoms with Crippen molar-refractivity contribution in [3.05, 3.63) is 72.6 Å². The summed E-state index contributed by atoms with van der Waals surface area (Å²) in [5, 5.41) is 50.7. The molecular weight excluding hydrogens is 357 g/mol. The molecule has 0 aromatic heterocycles. The van der Waals surface area contributed by atoms with Crippen molar-refractivity contribution in [3.63, 3.8) is 0 Å². The quantitative estimate of drug-likeness (QED) is 0.137. The van der Waals surface area contributed by atoms with Gasteiger partial charge in [-0.15, -0.1) is 0 Å². The molecule has 14 heteroatoms. The molecule has 0 bridgehead atoms. The first kappa shape index (κ1) is 29.8. The van der Waals surface area contributed by atoms with E-state index in [0.29, 0.717) is 6.08 Å². The van der Waals surface area contributed by atoms with Crippen LogP contribution in [0.3, 0.4) is 0 Å². The Labute approximate surface area is 165 Å². The van der Waals surface area contributed by atoms with Crippen molar-refractivity contribution in [2.75, 3.05) is 0 Å². The van der Waals surface area contributed by atoms with E-state index in [0.717, 1.165) is 0 Å². The average molecular weight is 363 g/mol. The number of aliphatic carboxylic acids is 1. The Morgan fingerprint density at radius 1 is 0.833 bits per heavy atom. The van der Waals surface area contributed by atoms with Gasteiger partial charge in [-0.2, -0.15) is 0 Å². The normalized spacial score (nSPS) is 8.42. The maximum atomic E-state index is 11.2. The number of benzene rings is 1. The molecule has 0 N–H and O–H groups in total. The van der Waals surface area contributed by atoms with E-state index in [1.54, 1.807) is 18.2 Å². The van der Waals surface area contributed by atoms with E-state index < -0.39 is 27.7 Å². The van der Waals surface area contributed by atoms with Crippen LogP contribution >= 0.6 is 0 Å². The van der Waals surface area contributed by atoms with E-state index in [-0.39, 0.29) is 51.7 Å². The summed E-state index contributed by atoms with van der Waals surface area (Å²) in [5.41, 5.74) is 0.266. The zero-order valence-electron chi connectivity index (χ0n) is 11.9. The summed E-state index contributed by atoms with van der Waals surface area (Å²) in [5.74, 6) is -3.84. The Kier molecular flexibility index (Phi) is 21.3. The first-order valence-corrected chi connectivity index (χ1v) is 4.90. The van der Waals surface area contributed by atoms with Gasteiger partial charge in [-0.1, -0.05) is 36.1 Å². The third-order valence-corrected chi connectivity index (χ3v) is 1.52. The molecule has 0 aliphatic carbocycles. The zero-order chi connectivity index (χ0) is 17.7. The number of nitrogens with zero attached hydrogens (tertiary/aromatic N) is 2. The molecule has 1 aromatic rings. The summed E-state index contributed by atoms with van der Waals surface area (Å²) in [6, 6.07) is 7.91. The first-order chi connectivity index (χ1) is 10.1. The van der Waals surface area contributed by atoms with Gasteiger partial charge in [0.1, 0.15) is 5.97 Å². The standard InChI is InChI=1S/C10H8O4.2Mg.2NO3/c11-8(6-9(12)10(13)14)7-4-2-1-3-5-7;;;2*2-1(3)4/h1-6,11H,(H,13,14);;;;/q;2*+2;2*-1/p-2/b8-6-;;;;. The fourth-order valence-corrected chi connectivity index (χ4v) is 0.864. The molecule has 0 unspecified atom stereocenters. The van der Waals surface area contributed by atoms with E-state index in [1.165, 1.54) is 12.1 Å². The van der Waals surface area contributed by atoms with Crippen LogP contribution in [-0.2, 0) is 9.59 Å². The summed E-state index contributed by atoms with van der Waals surface area (Å²) in [6.45, 7) is 0. The van der Waals surface area contributed by atoms with Crippen molar-refractivity contribution in [2.45, 2.75) is 0 Å². The Hall–Kier alpha value is -2.17. The van der Waals surface area contributed by atoms with Crippen LogP contribution in [0.1, 0.15) is 5.56 Å². The largest absolute Gasteiger partial charge is 2.00 e. The smallest absolute Gasteiger partial charge is 0.872 e. The maximum Gasteiger partial charge on any atom is 2.00 e. The zero-order valence-corrected chi connectivity index (χ0v) is 14.7. The van der Waals surface area contributed by atoms with Crippen molar-refractivity contribution < 1.29 is 30.0 Å². The molecule has 0 amide bonds. The number of hydrogen-bond donors (Lipinski definition) is 0. The molecule has 12 nitrogen and oxygen atoms in total. The number of ketones is 1. The Morgan fingerprint density at radius 2 is 1.17 bits per heavy atom. The first-order valence-electron chi connectivity index (χ1n) is 4.90. The van der Waals surface area contributed by atoms with Crippen molar-refractivity contribution in [1.29, 1.82) is 0 Å². The Balaban J connectivity index is -0.000000170. The van der Waals surface area contributed by atoms with E-state index >= 15 is 0 Å². The van der Waals surface area contributed by atoms with Crippen LogP contribution in [0, 0.1) is 30.6 Å². The van der Waals surface area contributed by atoms with Gasteiger partial charge in [0.2, 0.25) is 5.78 Å². The fourth-order valence-electron chi connectivity index (χ4n) is 0.864.